The molecule has 1 unspecified atom stereocenters. The fraction of sp³-hybridized carbons (Fsp3) is 0.484. The van der Waals surface area contributed by atoms with Gasteiger partial charge in [-0.05, 0) is 86.6 Å². The highest BCUT2D eigenvalue weighted by Crippen LogP contribution is 2.39. The summed E-state index contributed by atoms with van der Waals surface area (Å²) in [6.07, 6.45) is 13.0. The SMILES string of the molecule is CN[C@@H](C)C(=O)N[C@H](C(=O)N1CCC[C@H]1C(=O)Nc1cc2c(N[C@@H](C3=CCCC=C3)[C@@H](Nc3ncnc4cc(OC)c(NC(=O)C5CCCN5C(=O)[C@@H](NC(=O)C(C)C)C(C)(C)C)cc34)c3ccccc3)ncnc2cc1OC)C(C)(C)C. The summed E-state index contributed by atoms with van der Waals surface area (Å²) in [5, 5.41) is 23.7. The Morgan fingerprint density at radius 1 is 0.627 bits per heavy atom. The summed E-state index contributed by atoms with van der Waals surface area (Å²) in [6.45, 7) is 17.3. The molecule has 0 saturated carbocycles. The molecule has 7 N–H and O–H groups in total. The van der Waals surface area contributed by atoms with Crippen LogP contribution in [0.4, 0.5) is 23.0 Å². The lowest BCUT2D eigenvalue weighted by atomic mass is 9.85. The number of rotatable bonds is 20. The van der Waals surface area contributed by atoms with Crippen molar-refractivity contribution in [3.63, 3.8) is 0 Å². The van der Waals surface area contributed by atoms with Gasteiger partial charge in [-0.2, -0.15) is 0 Å². The van der Waals surface area contributed by atoms with E-state index in [4.69, 9.17) is 19.4 Å². The number of carbonyl (C=O) groups excluding carboxylic acids is 6. The minimum absolute atomic E-state index is 0.242. The molecule has 21 nitrogen and oxygen atoms in total. The third kappa shape index (κ3) is 13.8. The van der Waals surface area contributed by atoms with E-state index in [9.17, 15) is 28.8 Å². The molecule has 0 bridgehead atoms. The van der Waals surface area contributed by atoms with Gasteiger partial charge in [0.1, 0.15) is 60.0 Å². The molecule has 7 atom stereocenters. The van der Waals surface area contributed by atoms with Crippen LogP contribution in [0.5, 0.6) is 11.5 Å². The van der Waals surface area contributed by atoms with E-state index >= 15 is 0 Å². The van der Waals surface area contributed by atoms with Crippen molar-refractivity contribution in [2.45, 2.75) is 143 Å². The molecule has 3 aliphatic rings. The number of hydrogen-bond donors (Lipinski definition) is 7. The molecule has 2 fully saturated rings. The number of carbonyl (C=O) groups is 6. The quantitative estimate of drug-likeness (QED) is 0.0394. The maximum absolute atomic E-state index is 14.5. The van der Waals surface area contributed by atoms with E-state index in [0.29, 0.717) is 95.1 Å². The first kappa shape index (κ1) is 60.9. The van der Waals surface area contributed by atoms with Gasteiger partial charge < -0.3 is 56.5 Å². The smallest absolute Gasteiger partial charge is 0.247 e. The second-order valence-electron chi connectivity index (χ2n) is 24.1. The average Bonchev–Trinajstić information content (AvgIpc) is 4.34. The topological polar surface area (TPSA) is 263 Å². The Bertz CT molecular complexity index is 3280. The summed E-state index contributed by atoms with van der Waals surface area (Å²) < 4.78 is 11.7. The monoisotopic (exact) mass is 1140 g/mol. The van der Waals surface area contributed by atoms with Crippen molar-refractivity contribution < 1.29 is 38.2 Å². The van der Waals surface area contributed by atoms with Crippen molar-refractivity contribution in [3.8, 4) is 11.5 Å². The highest BCUT2D eigenvalue weighted by Gasteiger charge is 2.44. The number of likely N-dealkylation sites (N-methyl/N-ethyl adjacent to an activating group) is 1. The van der Waals surface area contributed by atoms with Gasteiger partial charge in [0.2, 0.25) is 35.4 Å². The second-order valence-corrected chi connectivity index (χ2v) is 24.1. The fourth-order valence-corrected chi connectivity index (χ4v) is 10.8. The summed E-state index contributed by atoms with van der Waals surface area (Å²) in [6, 6.07) is 12.0. The molecule has 0 spiro atoms. The summed E-state index contributed by atoms with van der Waals surface area (Å²) >= 11 is 0. The summed E-state index contributed by atoms with van der Waals surface area (Å²) in [7, 11) is 4.70. The number of fused-ring (bicyclic) bond motifs is 2. The number of anilines is 4. The van der Waals surface area contributed by atoms with Crippen LogP contribution in [0.1, 0.15) is 112 Å². The zero-order chi connectivity index (χ0) is 59.9. The van der Waals surface area contributed by atoms with Gasteiger partial charge in [0, 0.05) is 41.9 Å². The maximum Gasteiger partial charge on any atom is 0.247 e. The van der Waals surface area contributed by atoms with E-state index in [1.54, 1.807) is 61.9 Å². The molecule has 5 aromatic rings. The van der Waals surface area contributed by atoms with Crippen molar-refractivity contribution >= 4 is 80.3 Å². The van der Waals surface area contributed by atoms with Crippen LogP contribution < -0.4 is 46.7 Å². The average molecular weight is 1140 g/mol. The molecule has 1 aliphatic carbocycles. The van der Waals surface area contributed by atoms with Crippen LogP contribution in [0.15, 0.2) is 91.1 Å². The lowest BCUT2D eigenvalue weighted by Gasteiger charge is -2.36. The van der Waals surface area contributed by atoms with Gasteiger partial charge >= 0.3 is 0 Å². The third-order valence-corrected chi connectivity index (χ3v) is 15.7. The predicted molar refractivity (Wildman–Crippen MR) is 322 cm³/mol. The van der Waals surface area contributed by atoms with Crippen LogP contribution in [0, 0.1) is 16.7 Å². The molecule has 4 heterocycles. The Morgan fingerprint density at radius 3 is 1.54 bits per heavy atom. The molecule has 2 saturated heterocycles. The molecule has 442 valence electrons. The highest BCUT2D eigenvalue weighted by atomic mass is 16.5. The molecule has 21 heteroatoms. The first-order valence-corrected chi connectivity index (χ1v) is 28.6. The van der Waals surface area contributed by atoms with Crippen molar-refractivity contribution in [1.82, 2.24) is 45.7 Å². The maximum atomic E-state index is 14.5. The lowest BCUT2D eigenvalue weighted by molar-refractivity contribution is -0.143. The van der Waals surface area contributed by atoms with Gasteiger partial charge in [-0.3, -0.25) is 28.8 Å². The van der Waals surface area contributed by atoms with Gasteiger partial charge in [0.25, 0.3) is 0 Å². The minimum atomic E-state index is -0.883. The zero-order valence-electron chi connectivity index (χ0n) is 49.8. The standard InChI is InChI=1S/C62H81N13O8/c1-35(2)55(76)72-51(61(4,5)6)59(80)74-27-19-25-45(74)57(78)68-43-29-39-41(31-47(43)82-11)64-33-66-53(39)70-49(37-21-15-13-16-22-37)50(38-23-17-14-18-24-38)71-54-40-30-44(48(83-12)32-42(40)65-34-67-54)69-58(79)46-26-20-28-75(46)60(81)52(62(7,8)9)73-56(77)36(3)63-10/h13,15-17,21-24,29-36,45-46,49-52,63H,14,18-20,25-28H2,1-12H3,(H,68,78)(H,69,79)(H,72,76)(H,73,77)(H,64,66,70)(H,65,67,71)/t36-,45?,46-,49-,50-,51+,52+/m0/s1. The van der Waals surface area contributed by atoms with E-state index in [2.05, 4.69) is 65.4 Å². The normalized spacial score (nSPS) is 18.2. The Morgan fingerprint density at radius 2 is 1.11 bits per heavy atom. The van der Waals surface area contributed by atoms with Crippen LogP contribution in [0.25, 0.3) is 21.8 Å². The van der Waals surface area contributed by atoms with E-state index in [1.165, 1.54) is 26.9 Å². The first-order chi connectivity index (χ1) is 39.5. The number of methoxy groups -OCH3 is 2. The zero-order valence-corrected chi connectivity index (χ0v) is 49.8. The van der Waals surface area contributed by atoms with Gasteiger partial charge in [-0.1, -0.05) is 104 Å². The number of hydrogen-bond acceptors (Lipinski definition) is 15. The molecule has 0 radical (unpaired) electrons. The van der Waals surface area contributed by atoms with E-state index in [-0.39, 0.29) is 29.5 Å². The van der Waals surface area contributed by atoms with Crippen molar-refractivity contribution in [2.75, 3.05) is 55.6 Å². The highest BCUT2D eigenvalue weighted by molar-refractivity contribution is 6.04. The number of benzene rings is 3. The van der Waals surface area contributed by atoms with Gasteiger partial charge in [0.15, 0.2) is 0 Å². The van der Waals surface area contributed by atoms with Crippen molar-refractivity contribution in [1.29, 1.82) is 0 Å². The first-order valence-electron chi connectivity index (χ1n) is 28.6. The van der Waals surface area contributed by atoms with Crippen molar-refractivity contribution in [3.05, 3.63) is 96.6 Å². The summed E-state index contributed by atoms with van der Waals surface area (Å²) in [5.41, 5.74) is 2.35. The third-order valence-electron chi connectivity index (χ3n) is 15.7. The number of ether oxygens (including phenoxy) is 2. The van der Waals surface area contributed by atoms with Crippen LogP contribution in [0.2, 0.25) is 0 Å². The Labute approximate surface area is 486 Å². The van der Waals surface area contributed by atoms with E-state index < -0.39 is 64.9 Å². The second kappa shape index (κ2) is 25.9. The largest absolute Gasteiger partial charge is 0.494 e. The molecule has 2 aromatic heterocycles. The number of aromatic nitrogens is 4. The van der Waals surface area contributed by atoms with Gasteiger partial charge in [-0.15, -0.1) is 0 Å². The van der Waals surface area contributed by atoms with Crippen LogP contribution >= 0.6 is 0 Å². The summed E-state index contributed by atoms with van der Waals surface area (Å²) in [4.78, 5) is 106. The molecule has 8 rings (SSSR count). The Hall–Kier alpha value is -8.20. The number of likely N-dealkylation sites (tertiary alicyclic amines) is 2. The molecule has 83 heavy (non-hydrogen) atoms. The predicted octanol–water partition coefficient (Wildman–Crippen LogP) is 7.69. The van der Waals surface area contributed by atoms with Crippen LogP contribution in [0.3, 0.4) is 0 Å². The van der Waals surface area contributed by atoms with Crippen LogP contribution in [-0.2, 0) is 28.8 Å². The number of nitrogens with zero attached hydrogens (tertiary/aromatic N) is 6. The number of amides is 6. The van der Waals surface area contributed by atoms with Crippen molar-refractivity contribution in [2.24, 2.45) is 16.7 Å². The fourth-order valence-electron chi connectivity index (χ4n) is 10.8. The van der Waals surface area contributed by atoms with Gasteiger partial charge in [0.05, 0.1) is 54.8 Å². The summed E-state index contributed by atoms with van der Waals surface area (Å²) in [5.74, 6) is -0.736. The molecule has 2 aliphatic heterocycles. The molecular weight excluding hydrogens is 1050 g/mol. The van der Waals surface area contributed by atoms with E-state index in [1.807, 2.05) is 71.9 Å². The number of allylic oxidation sites excluding steroid dienone is 2. The lowest BCUT2D eigenvalue weighted by Crippen LogP contribution is -2.59. The Kier molecular flexibility index (Phi) is 19.0. The molecule has 6 amide bonds. The van der Waals surface area contributed by atoms with Gasteiger partial charge in [-0.25, -0.2) is 19.9 Å². The van der Waals surface area contributed by atoms with Crippen LogP contribution in [-0.4, -0.2) is 136 Å². The number of nitrogens with one attached hydrogen (secondary N) is 7. The Balaban J connectivity index is 1.12. The molecular formula is C62H81N13O8. The minimum Gasteiger partial charge on any atom is -0.494 e. The molecule has 3 aromatic carbocycles. The van der Waals surface area contributed by atoms with E-state index in [0.717, 1.165) is 24.0 Å².